The van der Waals surface area contributed by atoms with Gasteiger partial charge in [0.05, 0.1) is 92.5 Å². The van der Waals surface area contributed by atoms with Gasteiger partial charge in [-0.3, -0.25) is 80.1 Å². The van der Waals surface area contributed by atoms with Gasteiger partial charge in [0, 0.05) is 135 Å². The number of aromatic amines is 11. The molecule has 21 rings (SSSR count). The van der Waals surface area contributed by atoms with Crippen LogP contribution in [0.2, 0.25) is 0 Å². The standard InChI is InChI=1S/C18H21N5O2.C17H18N4O2.C16H19N5O2.C16H18N4O2S.C15H16N6O3/c24-18-14-6-5-13(8-16(14)21-23-18)25-12-4-3-11(7-12)19-17-9-15(20-22-17)10-1-2-10;22-17-14-7-6-13(10-15(14)20-21-17)23-12-5-4-11(9-12)19-16-3-1-2-8-18-16;1-21-8-15(17-9-21)18-10-2-3-11(6-10)23-12-4-5-13-14(7-12)19-20-16(13)22;1-9-8-17-16(23-9)18-10-2-3-11(6-10)22-12-4-5-13-14(7-12)19-20-15(13)21;22-14-12-2-1-10(6-13(12)19-20-14)24-11-5-9(7-23-8-11)18-15-16-3-4-17-21-15/h5-6,8-12H,1-4,7H2,(H2,19,20,22)(H2,21,23,24);1-3,6-8,10-12H,4-5,9H2,(H,18,19)(H2,20,21,22);4-5,7-11,18H,2-3,6H2,1H3,(H2,19,20,22);4-5,7-8,10-11H,2-3,6H2,1H3,(H,17,18)(H2,19,20,21);1-4,6,9,11H,5,7-8H2,(H,16,18,21)(H2,19,20,22). The Morgan fingerprint density at radius 1 is 0.415 bits per heavy atom. The highest BCUT2D eigenvalue weighted by atomic mass is 32.1. The number of ether oxygens (including phenoxy) is 6. The van der Waals surface area contributed by atoms with Crippen molar-refractivity contribution in [3.63, 3.8) is 0 Å². The molecule has 10 unspecified atom stereocenters. The first-order valence-corrected chi connectivity index (χ1v) is 40.7. The summed E-state index contributed by atoms with van der Waals surface area (Å²) in [5.74, 6) is 7.77. The van der Waals surface area contributed by atoms with Crippen LogP contribution in [0.15, 0.2) is 177 Å². The van der Waals surface area contributed by atoms with Crippen molar-refractivity contribution in [2.45, 2.75) is 170 Å². The molecule has 6 fully saturated rings. The summed E-state index contributed by atoms with van der Waals surface area (Å²) in [5.41, 5.74) is 4.51. The van der Waals surface area contributed by atoms with Crippen LogP contribution in [0.1, 0.15) is 113 Å². The third kappa shape index (κ3) is 19.6. The van der Waals surface area contributed by atoms with Crippen LogP contribution in [-0.2, 0) is 11.8 Å². The lowest BCUT2D eigenvalue weighted by Crippen LogP contribution is -2.41. The third-order valence-corrected chi connectivity index (χ3v) is 22.6. The number of H-pyrrole nitrogens is 11. The number of fused-ring (bicyclic) bond motifs is 5. The second kappa shape index (κ2) is 35.4. The molecule has 11 heterocycles. The fraction of sp³-hybridized carbons (Fsp3) is 0.366. The molecule has 0 bridgehead atoms. The highest BCUT2D eigenvalue weighted by molar-refractivity contribution is 7.15. The zero-order valence-corrected chi connectivity index (χ0v) is 65.6. The van der Waals surface area contributed by atoms with Crippen LogP contribution in [0.3, 0.4) is 0 Å². The minimum atomic E-state index is -0.140. The quantitative estimate of drug-likeness (QED) is 0.0318. The molecule has 0 spiro atoms. The van der Waals surface area contributed by atoms with Crippen molar-refractivity contribution in [1.29, 1.82) is 0 Å². The van der Waals surface area contributed by atoms with Crippen LogP contribution >= 0.6 is 11.3 Å². The van der Waals surface area contributed by atoms with Crippen LogP contribution in [0.5, 0.6) is 28.7 Å². The molecule has 10 aromatic heterocycles. The minimum absolute atomic E-state index is 0.0451. The van der Waals surface area contributed by atoms with Crippen molar-refractivity contribution in [1.82, 2.24) is 95.9 Å². The Hall–Kier alpha value is -13.4. The number of rotatable bonds is 21. The molecule has 35 nitrogen and oxygen atoms in total. The van der Waals surface area contributed by atoms with E-state index in [0.29, 0.717) is 87.4 Å². The molecule has 0 amide bonds. The van der Waals surface area contributed by atoms with Gasteiger partial charge in [-0.25, -0.2) is 19.9 Å². The van der Waals surface area contributed by atoms with Gasteiger partial charge < -0.3 is 59.6 Å². The first kappa shape index (κ1) is 77.2. The Labute approximate surface area is 675 Å². The number of benzene rings is 5. The van der Waals surface area contributed by atoms with Gasteiger partial charge in [0.25, 0.3) is 27.8 Å². The number of hydrogen-bond acceptors (Lipinski definition) is 24. The Morgan fingerprint density at radius 3 is 1.26 bits per heavy atom. The smallest absolute Gasteiger partial charge is 0.271 e. The summed E-state index contributed by atoms with van der Waals surface area (Å²) < 4.78 is 37.8. The van der Waals surface area contributed by atoms with Crippen molar-refractivity contribution in [3.8, 4) is 28.7 Å². The SMILES string of the molecule is Cc1cnc(NC2CCC(Oc3ccc4c(=O)[nH][nH]c4c3)C2)s1.Cn1cnc(NC2CCC(Oc3ccc4c(=O)[nH][nH]c4c3)C2)c1.O=c1[nH][nH]c2cc(OC3CCC(Nc4cc(C5CC5)[nH]n4)C3)ccc12.O=c1[nH][nH]c2cc(OC3CCC(Nc4ccccn4)C3)ccc12.O=c1[nH][nH]c2cc(OC3COCC(Nc4nccnn4)C3)ccc12. The molecule has 5 saturated carbocycles. The first-order chi connectivity index (χ1) is 57.6. The molecule has 1 saturated heterocycles. The number of imidazole rings is 1. The second-order valence-corrected chi connectivity index (χ2v) is 32.0. The molecule has 6 aliphatic rings. The Balaban J connectivity index is 0.000000106. The number of aromatic nitrogens is 19. The second-order valence-electron chi connectivity index (χ2n) is 30.7. The normalized spacial score (nSPS) is 21.3. The number of thiazole rings is 1. The summed E-state index contributed by atoms with van der Waals surface area (Å²) in [7, 11) is 1.96. The summed E-state index contributed by atoms with van der Waals surface area (Å²) >= 11 is 1.68. The van der Waals surface area contributed by atoms with Crippen LogP contribution in [0.4, 0.5) is 28.5 Å². The van der Waals surface area contributed by atoms with Gasteiger partial charge in [0.15, 0.2) is 5.13 Å². The number of nitrogens with one attached hydrogen (secondary N) is 16. The number of anilines is 5. The number of hydrogen-bond donors (Lipinski definition) is 16. The van der Waals surface area contributed by atoms with Crippen LogP contribution < -0.4 is 78.1 Å². The van der Waals surface area contributed by atoms with E-state index >= 15 is 0 Å². The van der Waals surface area contributed by atoms with Crippen LogP contribution in [0.25, 0.3) is 54.5 Å². The van der Waals surface area contributed by atoms with E-state index in [4.69, 9.17) is 28.4 Å². The summed E-state index contributed by atoms with van der Waals surface area (Å²) in [4.78, 5) is 75.9. The molecule has 612 valence electrons. The summed E-state index contributed by atoms with van der Waals surface area (Å²) in [6.07, 6.45) is 26.6. The minimum Gasteiger partial charge on any atom is -0.490 e. The lowest BCUT2D eigenvalue weighted by molar-refractivity contribution is 0.000686. The molecule has 5 aromatic carbocycles. The predicted molar refractivity (Wildman–Crippen MR) is 449 cm³/mol. The topological polar surface area (TPSA) is 470 Å². The molecular weight excluding hydrogens is 1530 g/mol. The monoisotopic (exact) mass is 1620 g/mol. The van der Waals surface area contributed by atoms with Crippen LogP contribution in [0, 0.1) is 6.92 Å². The van der Waals surface area contributed by atoms with Gasteiger partial charge in [-0.05, 0) is 144 Å². The fourth-order valence-electron chi connectivity index (χ4n) is 15.8. The molecule has 118 heavy (non-hydrogen) atoms. The summed E-state index contributed by atoms with van der Waals surface area (Å²) in [5, 5.41) is 63.6. The predicted octanol–water partition coefficient (Wildman–Crippen LogP) is 11.3. The maximum absolute atomic E-state index is 11.6. The zero-order valence-electron chi connectivity index (χ0n) is 64.8. The average molecular weight is 1620 g/mol. The van der Waals surface area contributed by atoms with Crippen LogP contribution in [-0.4, -0.2) is 170 Å². The lowest BCUT2D eigenvalue weighted by Gasteiger charge is -2.30. The van der Waals surface area contributed by atoms with E-state index in [9.17, 15) is 24.0 Å². The van der Waals surface area contributed by atoms with Crippen molar-refractivity contribution >= 4 is 94.4 Å². The largest absolute Gasteiger partial charge is 0.490 e. The Bertz CT molecular complexity index is 6020. The van der Waals surface area contributed by atoms with E-state index in [-0.39, 0.29) is 64.4 Å². The van der Waals surface area contributed by atoms with Gasteiger partial charge in [-0.2, -0.15) is 10.2 Å². The molecule has 16 N–H and O–H groups in total. The van der Waals surface area contributed by atoms with Crippen molar-refractivity contribution < 1.29 is 28.4 Å². The highest BCUT2D eigenvalue weighted by Crippen LogP contribution is 2.40. The fourth-order valence-corrected chi connectivity index (χ4v) is 16.5. The zero-order chi connectivity index (χ0) is 80.4. The first-order valence-electron chi connectivity index (χ1n) is 39.9. The highest BCUT2D eigenvalue weighted by Gasteiger charge is 2.33. The molecule has 15 aromatic rings. The van der Waals surface area contributed by atoms with E-state index in [0.717, 1.165) is 151 Å². The molecule has 36 heteroatoms. The van der Waals surface area contributed by atoms with Gasteiger partial charge in [0.1, 0.15) is 76.7 Å². The van der Waals surface area contributed by atoms with E-state index in [1.165, 1.54) is 29.6 Å². The Kier molecular flexibility index (Phi) is 23.1. The van der Waals surface area contributed by atoms with E-state index in [2.05, 4.69) is 131 Å². The average Bonchev–Trinajstić information content (AvgIpc) is 1.37. The van der Waals surface area contributed by atoms with Gasteiger partial charge in [0.2, 0.25) is 5.95 Å². The third-order valence-electron chi connectivity index (χ3n) is 21.8. The van der Waals surface area contributed by atoms with Gasteiger partial charge in [-0.1, -0.05) is 6.07 Å². The molecular formula is C82H92N24O11S. The van der Waals surface area contributed by atoms with Gasteiger partial charge in [-0.15, -0.1) is 16.4 Å². The van der Waals surface area contributed by atoms with E-state index in [1.807, 2.05) is 90.7 Å². The van der Waals surface area contributed by atoms with E-state index in [1.54, 1.807) is 72.5 Å². The number of aryl methyl sites for hydroxylation is 2. The lowest BCUT2D eigenvalue weighted by atomic mass is 10.1. The molecule has 5 aliphatic carbocycles. The Morgan fingerprint density at radius 2 is 0.856 bits per heavy atom. The van der Waals surface area contributed by atoms with Crippen molar-refractivity contribution in [3.05, 3.63) is 215 Å². The van der Waals surface area contributed by atoms with Crippen molar-refractivity contribution in [2.24, 2.45) is 7.05 Å². The van der Waals surface area contributed by atoms with Crippen molar-refractivity contribution in [2.75, 3.05) is 39.8 Å². The summed E-state index contributed by atoms with van der Waals surface area (Å²) in [6.45, 7) is 3.13. The number of pyridine rings is 1. The maximum atomic E-state index is 11.6. The van der Waals surface area contributed by atoms with Gasteiger partial charge >= 0.3 is 0 Å². The number of nitrogens with zero attached hydrogens (tertiary/aromatic N) is 8. The maximum Gasteiger partial charge on any atom is 0.271 e. The molecule has 0 radical (unpaired) electrons. The summed E-state index contributed by atoms with van der Waals surface area (Å²) in [6, 6.07) is 37.0. The molecule has 1 aliphatic heterocycles. The van der Waals surface area contributed by atoms with E-state index < -0.39 is 0 Å². The molecule has 10 atom stereocenters.